The Balaban J connectivity index is 1.70. The zero-order valence-electron chi connectivity index (χ0n) is 15.6. The summed E-state index contributed by atoms with van der Waals surface area (Å²) >= 11 is 0. The van der Waals surface area contributed by atoms with Gasteiger partial charge < -0.3 is 19.9 Å². The summed E-state index contributed by atoms with van der Waals surface area (Å²) in [5.41, 5.74) is 3.02. The minimum absolute atomic E-state index is 0.0207. The highest BCUT2D eigenvalue weighted by Crippen LogP contribution is 2.69. The second kappa shape index (κ2) is 4.93. The van der Waals surface area contributed by atoms with Crippen molar-refractivity contribution in [3.05, 3.63) is 41.1 Å². The van der Waals surface area contributed by atoms with Crippen molar-refractivity contribution < 1.29 is 19.4 Å². The van der Waals surface area contributed by atoms with Gasteiger partial charge in [0.15, 0.2) is 0 Å². The van der Waals surface area contributed by atoms with Gasteiger partial charge in [-0.2, -0.15) is 0 Å². The molecule has 0 radical (unpaired) electrons. The van der Waals surface area contributed by atoms with Gasteiger partial charge in [0, 0.05) is 24.0 Å². The van der Waals surface area contributed by atoms with Crippen LogP contribution >= 0.6 is 0 Å². The number of anilines is 1. The maximum atomic E-state index is 12.9. The molecule has 0 unspecified atom stereocenters. The number of carbonyl (C=O) groups is 1. The molecule has 6 rings (SSSR count). The average molecular weight is 368 g/mol. The number of hydrogen-bond donors (Lipinski definition) is 2. The van der Waals surface area contributed by atoms with E-state index in [9.17, 15) is 9.90 Å². The van der Waals surface area contributed by atoms with Gasteiger partial charge in [-0.05, 0) is 37.9 Å². The van der Waals surface area contributed by atoms with Crippen molar-refractivity contribution >= 4 is 11.7 Å². The van der Waals surface area contributed by atoms with Gasteiger partial charge in [0.2, 0.25) is 0 Å². The van der Waals surface area contributed by atoms with E-state index in [1.165, 1.54) is 12.7 Å². The molecule has 0 amide bonds. The fourth-order valence-corrected chi connectivity index (χ4v) is 7.00. The summed E-state index contributed by atoms with van der Waals surface area (Å²) < 4.78 is 11.4. The van der Waals surface area contributed by atoms with Crippen molar-refractivity contribution in [1.29, 1.82) is 0 Å². The molecule has 1 aliphatic carbocycles. The lowest BCUT2D eigenvalue weighted by Gasteiger charge is -2.69. The van der Waals surface area contributed by atoms with Crippen molar-refractivity contribution in [2.24, 2.45) is 5.41 Å². The number of hydrogen-bond acceptors (Lipinski definition) is 6. The van der Waals surface area contributed by atoms with E-state index in [-0.39, 0.29) is 23.5 Å². The van der Waals surface area contributed by atoms with Gasteiger partial charge in [-0.15, -0.1) is 0 Å². The average Bonchev–Trinajstić information content (AvgIpc) is 3.18. The standard InChI is InChI=1S/C21H24N2O4/c1-11(24)21-14-7-9-23-10-8-20(19(21)23)12-5-3-4-6-13(12)22-16(20)15(17(21)27-14)18(25)26-2/h3-6,11,14,17,19,22,24H,7-10H2,1-2H3/t11-,14-,17+,19-,20+,21+/m1/s1. The Bertz CT molecular complexity index is 896. The highest BCUT2D eigenvalue weighted by atomic mass is 16.5. The number of methoxy groups -OCH3 is 1. The lowest BCUT2D eigenvalue weighted by molar-refractivity contribution is -0.317. The lowest BCUT2D eigenvalue weighted by atomic mass is 9.48. The van der Waals surface area contributed by atoms with E-state index in [0.717, 1.165) is 37.3 Å². The number of aliphatic hydroxyl groups excluding tert-OH is 1. The van der Waals surface area contributed by atoms with Gasteiger partial charge in [-0.1, -0.05) is 18.2 Å². The summed E-state index contributed by atoms with van der Waals surface area (Å²) in [7, 11) is 1.42. The zero-order chi connectivity index (χ0) is 18.6. The summed E-state index contributed by atoms with van der Waals surface area (Å²) in [6.07, 6.45) is 0.814. The van der Waals surface area contributed by atoms with E-state index in [0.29, 0.717) is 5.57 Å². The molecule has 5 aliphatic rings. The molecule has 1 aromatic rings. The SMILES string of the molecule is COC(=O)C1=C2Nc3ccccc3[C@@]23CCN2CC[C@H]4O[C@@H]1[C@@]4([C@@H](C)O)[C@H]23. The normalized spacial score (nSPS) is 41.8. The zero-order valence-corrected chi connectivity index (χ0v) is 15.6. The molecule has 0 aromatic heterocycles. The van der Waals surface area contributed by atoms with Crippen molar-refractivity contribution in [3.8, 4) is 0 Å². The van der Waals surface area contributed by atoms with Crippen LogP contribution in [0.3, 0.4) is 0 Å². The van der Waals surface area contributed by atoms with Crippen LogP contribution in [0.4, 0.5) is 5.69 Å². The number of ether oxygens (including phenoxy) is 2. The van der Waals surface area contributed by atoms with Gasteiger partial charge in [0.05, 0.1) is 35.7 Å². The first-order chi connectivity index (χ1) is 13.1. The topological polar surface area (TPSA) is 71.0 Å². The van der Waals surface area contributed by atoms with Gasteiger partial charge in [0.25, 0.3) is 0 Å². The molecule has 142 valence electrons. The smallest absolute Gasteiger partial charge is 0.338 e. The van der Waals surface area contributed by atoms with E-state index in [1.54, 1.807) is 0 Å². The molecule has 6 heteroatoms. The Labute approximate surface area is 158 Å². The molecule has 4 aliphatic heterocycles. The molecule has 27 heavy (non-hydrogen) atoms. The number of esters is 1. The third-order valence-corrected chi connectivity index (χ3v) is 7.86. The number of para-hydroxylation sites is 1. The molecule has 6 atom stereocenters. The first-order valence-corrected chi connectivity index (χ1v) is 9.84. The first-order valence-electron chi connectivity index (χ1n) is 9.84. The highest BCUT2D eigenvalue weighted by molar-refractivity contribution is 5.95. The quantitative estimate of drug-likeness (QED) is 0.769. The number of piperidine rings is 1. The van der Waals surface area contributed by atoms with Crippen LogP contribution in [0.1, 0.15) is 25.3 Å². The summed E-state index contributed by atoms with van der Waals surface area (Å²) in [4.78, 5) is 15.4. The molecule has 3 fully saturated rings. The summed E-state index contributed by atoms with van der Waals surface area (Å²) in [5, 5.41) is 14.6. The number of nitrogens with one attached hydrogen (secondary N) is 1. The molecular formula is C21H24N2O4. The van der Waals surface area contributed by atoms with Crippen molar-refractivity contribution in [2.75, 3.05) is 25.5 Å². The third-order valence-electron chi connectivity index (χ3n) is 7.86. The maximum absolute atomic E-state index is 12.9. The van der Waals surface area contributed by atoms with Crippen LogP contribution in [0.15, 0.2) is 35.5 Å². The molecular weight excluding hydrogens is 344 g/mol. The Morgan fingerprint density at radius 3 is 3.00 bits per heavy atom. The molecule has 0 bridgehead atoms. The number of fused-ring (bicyclic) bond motifs is 1. The molecule has 6 nitrogen and oxygen atoms in total. The molecule has 0 saturated carbocycles. The highest BCUT2D eigenvalue weighted by Gasteiger charge is 2.78. The fraction of sp³-hybridized carbons (Fsp3) is 0.571. The van der Waals surface area contributed by atoms with Crippen LogP contribution < -0.4 is 5.32 Å². The lowest BCUT2D eigenvalue weighted by Crippen LogP contribution is -2.80. The predicted molar refractivity (Wildman–Crippen MR) is 98.2 cm³/mol. The number of rotatable bonds is 2. The molecule has 2 N–H and O–H groups in total. The molecule has 1 spiro atoms. The summed E-state index contributed by atoms with van der Waals surface area (Å²) in [6.45, 7) is 3.81. The Morgan fingerprint density at radius 1 is 1.41 bits per heavy atom. The number of nitrogens with zero attached hydrogens (tertiary/aromatic N) is 1. The number of aliphatic hydroxyl groups is 1. The Hall–Kier alpha value is -1.89. The summed E-state index contributed by atoms with van der Waals surface area (Å²) in [5.74, 6) is -0.351. The van der Waals surface area contributed by atoms with Crippen LogP contribution in [0.5, 0.6) is 0 Å². The van der Waals surface area contributed by atoms with Gasteiger partial charge in [-0.3, -0.25) is 4.90 Å². The Morgan fingerprint density at radius 2 is 2.22 bits per heavy atom. The molecule has 4 heterocycles. The third kappa shape index (κ3) is 1.52. The molecule has 1 aromatic carbocycles. The van der Waals surface area contributed by atoms with Crippen LogP contribution in [-0.4, -0.2) is 60.5 Å². The van der Waals surface area contributed by atoms with Gasteiger partial charge in [0.1, 0.15) is 6.10 Å². The van der Waals surface area contributed by atoms with E-state index >= 15 is 0 Å². The van der Waals surface area contributed by atoms with E-state index < -0.39 is 17.6 Å². The molecule has 3 saturated heterocycles. The van der Waals surface area contributed by atoms with Gasteiger partial charge in [-0.25, -0.2) is 4.79 Å². The minimum Gasteiger partial charge on any atom is -0.466 e. The van der Waals surface area contributed by atoms with Crippen LogP contribution in [0.25, 0.3) is 0 Å². The second-order valence-electron chi connectivity index (χ2n) is 8.58. The fourth-order valence-electron chi connectivity index (χ4n) is 7.00. The van der Waals surface area contributed by atoms with Gasteiger partial charge >= 0.3 is 5.97 Å². The van der Waals surface area contributed by atoms with E-state index in [1.807, 2.05) is 13.0 Å². The predicted octanol–water partition coefficient (Wildman–Crippen LogP) is 1.40. The number of benzene rings is 1. The van der Waals surface area contributed by atoms with Crippen molar-refractivity contribution in [2.45, 2.75) is 49.5 Å². The van der Waals surface area contributed by atoms with Crippen molar-refractivity contribution in [1.82, 2.24) is 4.90 Å². The second-order valence-corrected chi connectivity index (χ2v) is 8.58. The van der Waals surface area contributed by atoms with Crippen LogP contribution in [0, 0.1) is 5.41 Å². The summed E-state index contributed by atoms with van der Waals surface area (Å²) in [6, 6.07) is 8.46. The largest absolute Gasteiger partial charge is 0.466 e. The van der Waals surface area contributed by atoms with Crippen LogP contribution in [0.2, 0.25) is 0 Å². The monoisotopic (exact) mass is 368 g/mol. The van der Waals surface area contributed by atoms with Crippen molar-refractivity contribution in [3.63, 3.8) is 0 Å². The number of carbonyl (C=O) groups excluding carboxylic acids is 1. The van der Waals surface area contributed by atoms with E-state index in [2.05, 4.69) is 28.4 Å². The first kappa shape index (κ1) is 16.1. The van der Waals surface area contributed by atoms with Crippen LogP contribution in [-0.2, 0) is 19.7 Å². The Kier molecular flexibility index (Phi) is 2.94. The minimum atomic E-state index is -0.571. The van der Waals surface area contributed by atoms with E-state index in [4.69, 9.17) is 9.47 Å². The maximum Gasteiger partial charge on any atom is 0.338 e.